The first-order valence-electron chi connectivity index (χ1n) is 5.68. The van der Waals surface area contributed by atoms with E-state index in [2.05, 4.69) is 34.6 Å². The van der Waals surface area contributed by atoms with E-state index >= 15 is 0 Å². The molecule has 1 heterocycles. The number of aryl methyl sites for hydroxylation is 1. The summed E-state index contributed by atoms with van der Waals surface area (Å²) in [5.74, 6) is 0. The Morgan fingerprint density at radius 3 is 3.00 bits per heavy atom. The molecule has 0 unspecified atom stereocenters. The van der Waals surface area contributed by atoms with Gasteiger partial charge in [-0.05, 0) is 26.3 Å². The molecule has 0 spiro atoms. The maximum absolute atomic E-state index is 4.47. The van der Waals surface area contributed by atoms with Gasteiger partial charge in [-0.3, -0.25) is 0 Å². The summed E-state index contributed by atoms with van der Waals surface area (Å²) in [6.07, 6.45) is 3.79. The van der Waals surface area contributed by atoms with Gasteiger partial charge in [0.1, 0.15) is 0 Å². The number of hydrogen-bond donors (Lipinski definition) is 1. The van der Waals surface area contributed by atoms with Crippen LogP contribution in [0.15, 0.2) is 5.38 Å². The zero-order valence-electron chi connectivity index (χ0n) is 9.49. The normalized spacial score (nSPS) is 15.9. The Kier molecular flexibility index (Phi) is 3.59. The Bertz CT molecular complexity index is 307. The second-order valence-electron chi connectivity index (χ2n) is 4.14. The number of hydrogen-bond acceptors (Lipinski definition) is 4. The van der Waals surface area contributed by atoms with Gasteiger partial charge in [-0.2, -0.15) is 0 Å². The first-order valence-corrected chi connectivity index (χ1v) is 6.56. The minimum atomic E-state index is 0.856. The summed E-state index contributed by atoms with van der Waals surface area (Å²) in [6.45, 7) is 4.26. The zero-order valence-corrected chi connectivity index (χ0v) is 10.3. The largest absolute Gasteiger partial charge is 0.360 e. The summed E-state index contributed by atoms with van der Waals surface area (Å²) < 4.78 is 0. The fourth-order valence-corrected chi connectivity index (χ4v) is 2.41. The van der Waals surface area contributed by atoms with Crippen LogP contribution < -0.4 is 5.32 Å². The number of rotatable bonds is 6. The second kappa shape index (κ2) is 4.94. The third-order valence-corrected chi connectivity index (χ3v) is 3.67. The summed E-state index contributed by atoms with van der Waals surface area (Å²) in [4.78, 5) is 6.91. The average Bonchev–Trinajstić information content (AvgIpc) is 2.99. The van der Waals surface area contributed by atoms with Gasteiger partial charge in [-0.25, -0.2) is 4.98 Å². The quantitative estimate of drug-likeness (QED) is 0.804. The van der Waals surface area contributed by atoms with Gasteiger partial charge in [-0.1, -0.05) is 6.92 Å². The smallest absolute Gasteiger partial charge is 0.182 e. The SMILES string of the molecule is CCc1csc(NCCN(C)C2CC2)n1. The van der Waals surface area contributed by atoms with Crippen molar-refractivity contribution >= 4 is 16.5 Å². The molecule has 84 valence electrons. The first-order chi connectivity index (χ1) is 7.29. The van der Waals surface area contributed by atoms with Crippen LogP contribution in [0, 0.1) is 0 Å². The van der Waals surface area contributed by atoms with Crippen LogP contribution in [0.3, 0.4) is 0 Å². The Balaban J connectivity index is 1.68. The van der Waals surface area contributed by atoms with E-state index in [0.29, 0.717) is 0 Å². The molecule has 2 rings (SSSR count). The minimum absolute atomic E-state index is 0.856. The molecule has 0 aromatic carbocycles. The van der Waals surface area contributed by atoms with Gasteiger partial charge in [0.05, 0.1) is 5.69 Å². The molecule has 0 aliphatic heterocycles. The molecule has 4 heteroatoms. The topological polar surface area (TPSA) is 28.2 Å². The zero-order chi connectivity index (χ0) is 10.7. The van der Waals surface area contributed by atoms with Crippen molar-refractivity contribution in [3.05, 3.63) is 11.1 Å². The van der Waals surface area contributed by atoms with Crippen LogP contribution in [0.1, 0.15) is 25.5 Å². The fourth-order valence-electron chi connectivity index (χ4n) is 1.59. The molecular formula is C11H19N3S. The van der Waals surface area contributed by atoms with E-state index in [0.717, 1.165) is 30.7 Å². The first kappa shape index (κ1) is 10.9. The van der Waals surface area contributed by atoms with Crippen molar-refractivity contribution in [1.82, 2.24) is 9.88 Å². The van der Waals surface area contributed by atoms with E-state index in [9.17, 15) is 0 Å². The maximum Gasteiger partial charge on any atom is 0.182 e. The van der Waals surface area contributed by atoms with Crippen LogP contribution in [0.25, 0.3) is 0 Å². The third kappa shape index (κ3) is 3.18. The van der Waals surface area contributed by atoms with Crippen LogP contribution >= 0.6 is 11.3 Å². The van der Waals surface area contributed by atoms with Crippen LogP contribution in [-0.2, 0) is 6.42 Å². The molecule has 3 nitrogen and oxygen atoms in total. The molecule has 0 bridgehead atoms. The van der Waals surface area contributed by atoms with Gasteiger partial charge < -0.3 is 10.2 Å². The van der Waals surface area contributed by atoms with E-state index in [4.69, 9.17) is 0 Å². The van der Waals surface area contributed by atoms with Gasteiger partial charge >= 0.3 is 0 Å². The molecule has 1 aliphatic carbocycles. The van der Waals surface area contributed by atoms with Crippen molar-refractivity contribution in [2.24, 2.45) is 0 Å². The molecule has 0 radical (unpaired) electrons. The van der Waals surface area contributed by atoms with E-state index in [-0.39, 0.29) is 0 Å². The summed E-state index contributed by atoms with van der Waals surface area (Å²) in [5, 5.41) is 6.58. The Morgan fingerprint density at radius 2 is 2.40 bits per heavy atom. The number of anilines is 1. The highest BCUT2D eigenvalue weighted by atomic mass is 32.1. The van der Waals surface area contributed by atoms with E-state index < -0.39 is 0 Å². The highest BCUT2D eigenvalue weighted by Crippen LogP contribution is 2.24. The summed E-state index contributed by atoms with van der Waals surface area (Å²) >= 11 is 1.71. The van der Waals surface area contributed by atoms with Crippen molar-refractivity contribution in [2.75, 3.05) is 25.5 Å². The number of thiazole rings is 1. The predicted octanol–water partition coefficient (Wildman–Crippen LogP) is 2.21. The van der Waals surface area contributed by atoms with Gasteiger partial charge in [0.2, 0.25) is 0 Å². The summed E-state index contributed by atoms with van der Waals surface area (Å²) in [5.41, 5.74) is 1.19. The number of nitrogens with zero attached hydrogens (tertiary/aromatic N) is 2. The Hall–Kier alpha value is -0.610. The molecule has 1 aliphatic rings. The molecule has 15 heavy (non-hydrogen) atoms. The standard InChI is InChI=1S/C11H19N3S/c1-3-9-8-15-11(13-9)12-6-7-14(2)10-4-5-10/h8,10H,3-7H2,1-2H3,(H,12,13). The van der Waals surface area contributed by atoms with Gasteiger partial charge in [0, 0.05) is 24.5 Å². The molecule has 1 fully saturated rings. The molecule has 1 saturated carbocycles. The monoisotopic (exact) mass is 225 g/mol. The van der Waals surface area contributed by atoms with Crippen LogP contribution in [0.4, 0.5) is 5.13 Å². The second-order valence-corrected chi connectivity index (χ2v) is 4.99. The lowest BCUT2D eigenvalue weighted by atomic mass is 10.4. The Morgan fingerprint density at radius 1 is 1.60 bits per heavy atom. The molecule has 1 aromatic rings. The van der Waals surface area contributed by atoms with Crippen molar-refractivity contribution in [3.63, 3.8) is 0 Å². The third-order valence-electron chi connectivity index (χ3n) is 2.82. The highest BCUT2D eigenvalue weighted by molar-refractivity contribution is 7.13. The Labute approximate surface area is 95.5 Å². The van der Waals surface area contributed by atoms with Crippen molar-refractivity contribution in [3.8, 4) is 0 Å². The van der Waals surface area contributed by atoms with E-state index in [1.807, 2.05) is 0 Å². The molecule has 0 saturated heterocycles. The van der Waals surface area contributed by atoms with Crippen molar-refractivity contribution in [1.29, 1.82) is 0 Å². The highest BCUT2D eigenvalue weighted by Gasteiger charge is 2.25. The number of aromatic nitrogens is 1. The van der Waals surface area contributed by atoms with Crippen LogP contribution in [-0.4, -0.2) is 36.1 Å². The van der Waals surface area contributed by atoms with E-state index in [1.54, 1.807) is 11.3 Å². The summed E-state index contributed by atoms with van der Waals surface area (Å²) in [6, 6.07) is 0.856. The molecular weight excluding hydrogens is 206 g/mol. The average molecular weight is 225 g/mol. The van der Waals surface area contributed by atoms with Gasteiger partial charge in [0.25, 0.3) is 0 Å². The van der Waals surface area contributed by atoms with Gasteiger partial charge in [-0.15, -0.1) is 11.3 Å². The molecule has 1 aromatic heterocycles. The van der Waals surface area contributed by atoms with Crippen LogP contribution in [0.2, 0.25) is 0 Å². The lowest BCUT2D eigenvalue weighted by Gasteiger charge is -2.15. The molecule has 1 N–H and O–H groups in total. The lowest BCUT2D eigenvalue weighted by Crippen LogP contribution is -2.26. The van der Waals surface area contributed by atoms with Gasteiger partial charge in [0.15, 0.2) is 5.13 Å². The fraction of sp³-hybridized carbons (Fsp3) is 0.727. The maximum atomic E-state index is 4.47. The molecule has 0 amide bonds. The number of nitrogens with one attached hydrogen (secondary N) is 1. The minimum Gasteiger partial charge on any atom is -0.360 e. The van der Waals surface area contributed by atoms with E-state index in [1.165, 1.54) is 18.5 Å². The molecule has 0 atom stereocenters. The van der Waals surface area contributed by atoms with Crippen molar-refractivity contribution < 1.29 is 0 Å². The predicted molar refractivity (Wildman–Crippen MR) is 65.6 cm³/mol. The lowest BCUT2D eigenvalue weighted by molar-refractivity contribution is 0.337. The van der Waals surface area contributed by atoms with Crippen LogP contribution in [0.5, 0.6) is 0 Å². The summed E-state index contributed by atoms with van der Waals surface area (Å²) in [7, 11) is 2.21. The number of likely N-dealkylation sites (N-methyl/N-ethyl adjacent to an activating group) is 1. The van der Waals surface area contributed by atoms with Crippen molar-refractivity contribution in [2.45, 2.75) is 32.2 Å².